The van der Waals surface area contributed by atoms with Crippen molar-refractivity contribution in [2.75, 3.05) is 19.7 Å². The maximum atomic E-state index is 11.9. The standard InChI is InChI=1S/C24H29N5O5/c1-17(28-29-23-25-12-13-26-23)15-18-7-9-20(10-8-18)33-14-11-21(22(30)31)27-24(32)34-16-19-5-3-2-4-6-19/h2-10,21H,11-16H2,1H3,(H,27,32)(H,30,31)(H2,25,26,29)/b28-17+. The van der Waals surface area contributed by atoms with E-state index >= 15 is 0 Å². The van der Waals surface area contributed by atoms with Crippen LogP contribution in [0.15, 0.2) is 64.7 Å². The van der Waals surface area contributed by atoms with Gasteiger partial charge in [0.15, 0.2) is 0 Å². The van der Waals surface area contributed by atoms with Crippen LogP contribution in [0.3, 0.4) is 0 Å². The molecule has 1 aliphatic rings. The van der Waals surface area contributed by atoms with Gasteiger partial charge in [-0.2, -0.15) is 5.10 Å². The van der Waals surface area contributed by atoms with Crippen molar-refractivity contribution in [1.82, 2.24) is 16.1 Å². The minimum Gasteiger partial charge on any atom is -0.494 e. The highest BCUT2D eigenvalue weighted by atomic mass is 16.5. The summed E-state index contributed by atoms with van der Waals surface area (Å²) in [6, 6.07) is 15.5. The Morgan fingerprint density at radius 2 is 1.91 bits per heavy atom. The van der Waals surface area contributed by atoms with Gasteiger partial charge in [-0.1, -0.05) is 42.5 Å². The van der Waals surface area contributed by atoms with Crippen molar-refractivity contribution >= 4 is 23.7 Å². The number of aliphatic carboxylic acids is 1. The lowest BCUT2D eigenvalue weighted by molar-refractivity contribution is -0.139. The SMILES string of the molecule is C/C(Cc1ccc(OCCC(NC(=O)OCc2ccccc2)C(=O)O)cc1)=N\NC1=NCCN1. The van der Waals surface area contributed by atoms with E-state index in [0.717, 1.165) is 29.9 Å². The Hall–Kier alpha value is -4.08. The lowest BCUT2D eigenvalue weighted by Gasteiger charge is -2.15. The Morgan fingerprint density at radius 3 is 2.59 bits per heavy atom. The third-order valence-corrected chi connectivity index (χ3v) is 4.89. The van der Waals surface area contributed by atoms with E-state index in [2.05, 4.69) is 26.2 Å². The number of amides is 1. The topological polar surface area (TPSA) is 134 Å². The zero-order valence-electron chi connectivity index (χ0n) is 19.0. The molecule has 0 spiro atoms. The van der Waals surface area contributed by atoms with E-state index in [4.69, 9.17) is 9.47 Å². The molecule has 10 nitrogen and oxygen atoms in total. The van der Waals surface area contributed by atoms with Crippen LogP contribution in [0.4, 0.5) is 4.79 Å². The molecule has 1 amide bonds. The minimum absolute atomic E-state index is 0.0632. The van der Waals surface area contributed by atoms with Gasteiger partial charge in [0.05, 0.1) is 13.2 Å². The predicted molar refractivity (Wildman–Crippen MR) is 128 cm³/mol. The molecule has 4 N–H and O–H groups in total. The van der Waals surface area contributed by atoms with Crippen molar-refractivity contribution in [3.05, 3.63) is 65.7 Å². The number of aliphatic imine (C=N–C) groups is 1. The van der Waals surface area contributed by atoms with E-state index in [1.54, 1.807) is 0 Å². The van der Waals surface area contributed by atoms with Gasteiger partial charge in [0.1, 0.15) is 18.4 Å². The van der Waals surface area contributed by atoms with Crippen LogP contribution in [-0.4, -0.2) is 54.6 Å². The average molecular weight is 468 g/mol. The Kier molecular flexibility index (Phi) is 9.27. The zero-order valence-corrected chi connectivity index (χ0v) is 19.0. The van der Waals surface area contributed by atoms with E-state index < -0.39 is 18.1 Å². The molecular formula is C24H29N5O5. The molecule has 0 aliphatic carbocycles. The molecular weight excluding hydrogens is 438 g/mol. The van der Waals surface area contributed by atoms with Crippen molar-refractivity contribution in [3.63, 3.8) is 0 Å². The molecule has 34 heavy (non-hydrogen) atoms. The first-order valence-corrected chi connectivity index (χ1v) is 11.0. The molecule has 3 rings (SSSR count). The van der Waals surface area contributed by atoms with Gasteiger partial charge >= 0.3 is 12.1 Å². The molecule has 1 aliphatic heterocycles. The number of guanidine groups is 1. The van der Waals surface area contributed by atoms with Gasteiger partial charge < -0.3 is 25.2 Å². The number of benzene rings is 2. The smallest absolute Gasteiger partial charge is 0.408 e. The molecule has 0 saturated carbocycles. The van der Waals surface area contributed by atoms with Crippen molar-refractivity contribution in [2.45, 2.75) is 32.4 Å². The molecule has 180 valence electrons. The van der Waals surface area contributed by atoms with Gasteiger partial charge in [0, 0.05) is 25.1 Å². The number of nitrogens with zero attached hydrogens (tertiary/aromatic N) is 2. The molecule has 2 aromatic rings. The molecule has 0 aromatic heterocycles. The first kappa shape index (κ1) is 24.6. The van der Waals surface area contributed by atoms with Crippen LogP contribution < -0.4 is 20.8 Å². The molecule has 1 unspecified atom stereocenters. The summed E-state index contributed by atoms with van der Waals surface area (Å²) in [6.07, 6.45) is -0.0355. The largest absolute Gasteiger partial charge is 0.494 e. The monoisotopic (exact) mass is 467 g/mol. The Labute approximate surface area is 198 Å². The molecule has 10 heteroatoms. The summed E-state index contributed by atoms with van der Waals surface area (Å²) < 4.78 is 10.7. The third kappa shape index (κ3) is 8.45. The average Bonchev–Trinajstić information content (AvgIpc) is 3.36. The number of carboxylic acid groups (broad SMARTS) is 1. The number of carbonyl (C=O) groups is 2. The van der Waals surface area contributed by atoms with Crippen LogP contribution >= 0.6 is 0 Å². The van der Waals surface area contributed by atoms with E-state index in [0.29, 0.717) is 18.1 Å². The van der Waals surface area contributed by atoms with Gasteiger partial charge in [-0.3, -0.25) is 0 Å². The first-order valence-electron chi connectivity index (χ1n) is 11.0. The highest BCUT2D eigenvalue weighted by molar-refractivity contribution is 5.87. The number of carbonyl (C=O) groups excluding carboxylic acids is 1. The lowest BCUT2D eigenvalue weighted by Crippen LogP contribution is -2.42. The summed E-state index contributed by atoms with van der Waals surface area (Å²) in [4.78, 5) is 27.7. The summed E-state index contributed by atoms with van der Waals surface area (Å²) >= 11 is 0. The zero-order chi connectivity index (χ0) is 24.2. The van der Waals surface area contributed by atoms with E-state index in [1.165, 1.54) is 0 Å². The van der Waals surface area contributed by atoms with Gasteiger partial charge in [0.25, 0.3) is 0 Å². The van der Waals surface area contributed by atoms with Gasteiger partial charge in [-0.05, 0) is 30.2 Å². The van der Waals surface area contributed by atoms with Crippen molar-refractivity contribution in [1.29, 1.82) is 0 Å². The molecule has 1 atom stereocenters. The van der Waals surface area contributed by atoms with E-state index in [-0.39, 0.29) is 19.6 Å². The Bertz CT molecular complexity index is 1010. The van der Waals surface area contributed by atoms with E-state index in [9.17, 15) is 14.7 Å². The van der Waals surface area contributed by atoms with Crippen LogP contribution in [-0.2, 0) is 22.6 Å². The van der Waals surface area contributed by atoms with Gasteiger partial charge in [0.2, 0.25) is 5.96 Å². The maximum Gasteiger partial charge on any atom is 0.408 e. The molecule has 0 radical (unpaired) electrons. The van der Waals surface area contributed by atoms with Crippen molar-refractivity contribution < 1.29 is 24.2 Å². The van der Waals surface area contributed by atoms with Crippen LogP contribution in [0.25, 0.3) is 0 Å². The summed E-state index contributed by atoms with van der Waals surface area (Å²) in [5, 5.41) is 19.1. The fraction of sp³-hybridized carbons (Fsp3) is 0.333. The molecule has 0 bridgehead atoms. The Balaban J connectivity index is 1.39. The second-order valence-electron chi connectivity index (χ2n) is 7.67. The number of alkyl carbamates (subject to hydrolysis) is 1. The summed E-state index contributed by atoms with van der Waals surface area (Å²) in [6.45, 7) is 3.68. The van der Waals surface area contributed by atoms with Gasteiger partial charge in [-0.15, -0.1) is 0 Å². The Morgan fingerprint density at radius 1 is 1.15 bits per heavy atom. The van der Waals surface area contributed by atoms with Crippen LogP contribution in [0, 0.1) is 0 Å². The lowest BCUT2D eigenvalue weighted by atomic mass is 10.1. The number of hydrazone groups is 1. The predicted octanol–water partition coefficient (Wildman–Crippen LogP) is 2.30. The quantitative estimate of drug-likeness (QED) is 0.294. The van der Waals surface area contributed by atoms with Gasteiger partial charge in [-0.25, -0.2) is 20.0 Å². The summed E-state index contributed by atoms with van der Waals surface area (Å²) in [5.74, 6) is 0.135. The fourth-order valence-corrected chi connectivity index (χ4v) is 3.12. The van der Waals surface area contributed by atoms with Crippen molar-refractivity contribution in [3.8, 4) is 5.75 Å². The third-order valence-electron chi connectivity index (χ3n) is 4.89. The highest BCUT2D eigenvalue weighted by Crippen LogP contribution is 2.14. The van der Waals surface area contributed by atoms with Crippen LogP contribution in [0.1, 0.15) is 24.5 Å². The number of carboxylic acids is 1. The number of hydrogen-bond acceptors (Lipinski definition) is 8. The highest BCUT2D eigenvalue weighted by Gasteiger charge is 2.20. The second-order valence-corrected chi connectivity index (χ2v) is 7.67. The molecule has 1 heterocycles. The second kappa shape index (κ2) is 12.8. The van der Waals surface area contributed by atoms with Crippen molar-refractivity contribution in [2.24, 2.45) is 10.1 Å². The van der Waals surface area contributed by atoms with E-state index in [1.807, 2.05) is 61.5 Å². The number of nitrogens with one attached hydrogen (secondary N) is 3. The molecule has 2 aromatic carbocycles. The first-order chi connectivity index (χ1) is 16.5. The fourth-order valence-electron chi connectivity index (χ4n) is 3.12. The summed E-state index contributed by atoms with van der Waals surface area (Å²) in [7, 11) is 0. The summed E-state index contributed by atoms with van der Waals surface area (Å²) in [5.41, 5.74) is 5.68. The molecule has 0 saturated heterocycles. The maximum absolute atomic E-state index is 11.9. The number of rotatable bonds is 11. The minimum atomic E-state index is -1.15. The molecule has 0 fully saturated rings. The van der Waals surface area contributed by atoms with Crippen LogP contribution in [0.5, 0.6) is 5.75 Å². The number of ether oxygens (including phenoxy) is 2. The number of hydrogen-bond donors (Lipinski definition) is 4. The van der Waals surface area contributed by atoms with Crippen LogP contribution in [0.2, 0.25) is 0 Å². The normalized spacial score (nSPS) is 13.9.